The number of benzene rings is 1. The summed E-state index contributed by atoms with van der Waals surface area (Å²) in [6.45, 7) is 6.16. The molecule has 6 heteroatoms. The van der Waals surface area contributed by atoms with Crippen LogP contribution in [-0.2, 0) is 13.2 Å². The van der Waals surface area contributed by atoms with Crippen molar-refractivity contribution in [3.63, 3.8) is 0 Å². The molecule has 0 aliphatic heterocycles. The number of pyridine rings is 2. The van der Waals surface area contributed by atoms with Gasteiger partial charge in [0.15, 0.2) is 0 Å². The smallest absolute Gasteiger partial charge is 0.241 e. The lowest BCUT2D eigenvalue weighted by atomic mass is 10.1. The fraction of sp³-hybridized carbons (Fsp3) is 0.231. The highest BCUT2D eigenvalue weighted by atomic mass is 16.5. The van der Waals surface area contributed by atoms with E-state index in [0.717, 1.165) is 46.5 Å². The number of nitrogens with zero attached hydrogens (tertiary/aromatic N) is 4. The Morgan fingerprint density at radius 2 is 1.75 bits per heavy atom. The van der Waals surface area contributed by atoms with Crippen molar-refractivity contribution < 1.29 is 4.74 Å². The van der Waals surface area contributed by atoms with Gasteiger partial charge in [-0.25, -0.2) is 0 Å². The zero-order valence-corrected chi connectivity index (χ0v) is 18.5. The second-order valence-electron chi connectivity index (χ2n) is 7.43. The molecule has 3 heterocycles. The molecule has 4 aromatic rings. The summed E-state index contributed by atoms with van der Waals surface area (Å²) in [5.41, 5.74) is 4.76. The standard InChI is InChI=1S/C26H27N5O/c1-3-19(4-2)16-27-17-20-10-9-11-21(29-20)18-32-26-23-13-6-5-12-22(23)25(30-31-26)24-14-7-8-15-28-24/h3,5-15,27H,4,16-18H2,1-2H3/b19-3+. The van der Waals surface area contributed by atoms with Crippen LogP contribution >= 0.6 is 0 Å². The maximum Gasteiger partial charge on any atom is 0.241 e. The molecule has 0 radical (unpaired) electrons. The van der Waals surface area contributed by atoms with Gasteiger partial charge >= 0.3 is 0 Å². The third-order valence-corrected chi connectivity index (χ3v) is 5.30. The van der Waals surface area contributed by atoms with Gasteiger partial charge in [0.2, 0.25) is 5.88 Å². The molecule has 3 aromatic heterocycles. The van der Waals surface area contributed by atoms with E-state index in [-0.39, 0.29) is 0 Å². The quantitative estimate of drug-likeness (QED) is 0.376. The van der Waals surface area contributed by atoms with Gasteiger partial charge in [0.05, 0.1) is 17.1 Å². The molecule has 32 heavy (non-hydrogen) atoms. The van der Waals surface area contributed by atoms with E-state index in [1.54, 1.807) is 6.20 Å². The maximum atomic E-state index is 6.04. The average molecular weight is 426 g/mol. The molecule has 0 bridgehead atoms. The Balaban J connectivity index is 1.48. The normalized spacial score (nSPS) is 11.6. The Kier molecular flexibility index (Phi) is 7.15. The summed E-state index contributed by atoms with van der Waals surface area (Å²) in [6, 6.07) is 19.7. The number of aromatic nitrogens is 4. The van der Waals surface area contributed by atoms with E-state index in [2.05, 4.69) is 40.4 Å². The van der Waals surface area contributed by atoms with E-state index in [1.807, 2.05) is 60.7 Å². The van der Waals surface area contributed by atoms with Crippen LogP contribution in [0.5, 0.6) is 5.88 Å². The molecule has 0 saturated carbocycles. The van der Waals surface area contributed by atoms with Gasteiger partial charge in [-0.2, -0.15) is 0 Å². The summed E-state index contributed by atoms with van der Waals surface area (Å²) in [5.74, 6) is 0.492. The van der Waals surface area contributed by atoms with Gasteiger partial charge in [-0.05, 0) is 43.7 Å². The Morgan fingerprint density at radius 3 is 2.53 bits per heavy atom. The van der Waals surface area contributed by atoms with Crippen molar-refractivity contribution in [2.24, 2.45) is 0 Å². The minimum absolute atomic E-state index is 0.324. The summed E-state index contributed by atoms with van der Waals surface area (Å²) >= 11 is 0. The van der Waals surface area contributed by atoms with Crippen molar-refractivity contribution in [3.8, 4) is 17.3 Å². The molecular weight excluding hydrogens is 398 g/mol. The number of allylic oxidation sites excluding steroid dienone is 1. The Labute approximate surface area is 188 Å². The SMILES string of the molecule is C/C=C(\CC)CNCc1cccc(COc2nnc(-c3ccccn3)c3ccccc23)n1. The number of hydrogen-bond acceptors (Lipinski definition) is 6. The molecule has 0 atom stereocenters. The molecule has 0 aliphatic carbocycles. The summed E-state index contributed by atoms with van der Waals surface area (Å²) in [5, 5.41) is 14.1. The third kappa shape index (κ3) is 5.15. The minimum atomic E-state index is 0.324. The molecule has 6 nitrogen and oxygen atoms in total. The summed E-state index contributed by atoms with van der Waals surface area (Å²) in [6.07, 6.45) is 4.97. The van der Waals surface area contributed by atoms with Crippen LogP contribution in [0.4, 0.5) is 0 Å². The number of ether oxygens (including phenoxy) is 1. The molecule has 4 rings (SSSR count). The Morgan fingerprint density at radius 1 is 0.938 bits per heavy atom. The second-order valence-corrected chi connectivity index (χ2v) is 7.43. The van der Waals surface area contributed by atoms with E-state index in [4.69, 9.17) is 9.72 Å². The number of nitrogens with one attached hydrogen (secondary N) is 1. The van der Waals surface area contributed by atoms with Gasteiger partial charge in [-0.1, -0.05) is 48.9 Å². The fourth-order valence-electron chi connectivity index (χ4n) is 3.51. The summed E-state index contributed by atoms with van der Waals surface area (Å²) in [4.78, 5) is 9.13. The molecule has 0 spiro atoms. The van der Waals surface area contributed by atoms with Gasteiger partial charge in [0, 0.05) is 30.1 Å². The van der Waals surface area contributed by atoms with Gasteiger partial charge in [-0.3, -0.25) is 9.97 Å². The highest BCUT2D eigenvalue weighted by Gasteiger charge is 2.13. The van der Waals surface area contributed by atoms with Crippen LogP contribution in [0.15, 0.2) is 78.5 Å². The van der Waals surface area contributed by atoms with Crippen LogP contribution in [-0.4, -0.2) is 26.7 Å². The Bertz CT molecular complexity index is 1210. The topological polar surface area (TPSA) is 72.8 Å². The first-order valence-electron chi connectivity index (χ1n) is 10.9. The Hall–Kier alpha value is -3.64. The molecule has 1 aromatic carbocycles. The van der Waals surface area contributed by atoms with Crippen LogP contribution in [0, 0.1) is 0 Å². The molecule has 0 amide bonds. The molecule has 0 unspecified atom stereocenters. The monoisotopic (exact) mass is 425 g/mol. The van der Waals surface area contributed by atoms with Crippen LogP contribution in [0.2, 0.25) is 0 Å². The molecule has 162 valence electrons. The lowest BCUT2D eigenvalue weighted by Gasteiger charge is -2.11. The maximum absolute atomic E-state index is 6.04. The van der Waals surface area contributed by atoms with Crippen molar-refractivity contribution in [2.45, 2.75) is 33.4 Å². The van der Waals surface area contributed by atoms with Crippen LogP contribution < -0.4 is 10.1 Å². The minimum Gasteiger partial charge on any atom is -0.470 e. The predicted octanol–water partition coefficient (Wildman–Crippen LogP) is 5.11. The lowest BCUT2D eigenvalue weighted by Crippen LogP contribution is -2.17. The molecule has 1 N–H and O–H groups in total. The average Bonchev–Trinajstić information content (AvgIpc) is 2.86. The third-order valence-electron chi connectivity index (χ3n) is 5.30. The predicted molar refractivity (Wildman–Crippen MR) is 127 cm³/mol. The highest BCUT2D eigenvalue weighted by molar-refractivity contribution is 5.96. The molecule has 0 fully saturated rings. The number of fused-ring (bicyclic) bond motifs is 1. The van der Waals surface area contributed by atoms with Gasteiger partial charge in [0.1, 0.15) is 12.3 Å². The first-order valence-corrected chi connectivity index (χ1v) is 10.9. The molecular formula is C26H27N5O. The van der Waals surface area contributed by atoms with E-state index < -0.39 is 0 Å². The number of rotatable bonds is 9. The van der Waals surface area contributed by atoms with Crippen molar-refractivity contribution in [3.05, 3.63) is 89.9 Å². The summed E-state index contributed by atoms with van der Waals surface area (Å²) < 4.78 is 6.04. The lowest BCUT2D eigenvalue weighted by molar-refractivity contribution is 0.289. The van der Waals surface area contributed by atoms with Crippen molar-refractivity contribution in [2.75, 3.05) is 6.54 Å². The van der Waals surface area contributed by atoms with Crippen molar-refractivity contribution >= 4 is 10.8 Å². The van der Waals surface area contributed by atoms with E-state index in [0.29, 0.717) is 19.0 Å². The first kappa shape index (κ1) is 21.6. The van der Waals surface area contributed by atoms with Gasteiger partial charge < -0.3 is 10.1 Å². The summed E-state index contributed by atoms with van der Waals surface area (Å²) in [7, 11) is 0. The van der Waals surface area contributed by atoms with Crippen molar-refractivity contribution in [1.82, 2.24) is 25.5 Å². The van der Waals surface area contributed by atoms with E-state index >= 15 is 0 Å². The largest absolute Gasteiger partial charge is 0.470 e. The highest BCUT2D eigenvalue weighted by Crippen LogP contribution is 2.29. The van der Waals surface area contributed by atoms with Gasteiger partial charge in [0.25, 0.3) is 0 Å². The zero-order valence-electron chi connectivity index (χ0n) is 18.5. The van der Waals surface area contributed by atoms with Crippen LogP contribution in [0.3, 0.4) is 0 Å². The second kappa shape index (κ2) is 10.6. The zero-order chi connectivity index (χ0) is 22.2. The van der Waals surface area contributed by atoms with E-state index in [1.165, 1.54) is 5.57 Å². The van der Waals surface area contributed by atoms with Crippen LogP contribution in [0.25, 0.3) is 22.2 Å². The fourth-order valence-corrected chi connectivity index (χ4v) is 3.51. The first-order chi connectivity index (χ1) is 15.8. The van der Waals surface area contributed by atoms with Crippen LogP contribution in [0.1, 0.15) is 31.7 Å². The number of hydrogen-bond donors (Lipinski definition) is 1. The van der Waals surface area contributed by atoms with Gasteiger partial charge in [-0.15, -0.1) is 10.2 Å². The molecule has 0 saturated heterocycles. The molecule has 0 aliphatic rings. The van der Waals surface area contributed by atoms with Crippen molar-refractivity contribution in [1.29, 1.82) is 0 Å². The van der Waals surface area contributed by atoms with E-state index in [9.17, 15) is 0 Å².